The minimum atomic E-state index is -0.00434. The molecule has 21 heavy (non-hydrogen) atoms. The Kier molecular flexibility index (Phi) is 4.58. The van der Waals surface area contributed by atoms with E-state index in [1.54, 1.807) is 7.05 Å². The Balaban J connectivity index is 2.32. The van der Waals surface area contributed by atoms with Gasteiger partial charge in [-0.25, -0.2) is 0 Å². The monoisotopic (exact) mass is 300 g/mol. The van der Waals surface area contributed by atoms with Gasteiger partial charge in [0.2, 0.25) is 0 Å². The van der Waals surface area contributed by atoms with Crippen molar-refractivity contribution in [1.82, 2.24) is 4.90 Å². The van der Waals surface area contributed by atoms with Crippen LogP contribution in [-0.4, -0.2) is 36.6 Å². The first-order valence-electron chi connectivity index (χ1n) is 6.78. The summed E-state index contributed by atoms with van der Waals surface area (Å²) >= 11 is 5.61. The lowest BCUT2D eigenvalue weighted by Crippen LogP contribution is -2.26. The van der Waals surface area contributed by atoms with Crippen molar-refractivity contribution in [3.05, 3.63) is 59.7 Å². The zero-order valence-electron chi connectivity index (χ0n) is 12.9. The van der Waals surface area contributed by atoms with Crippen LogP contribution in [0.1, 0.15) is 6.92 Å². The van der Waals surface area contributed by atoms with Crippen LogP contribution in [0.15, 0.2) is 64.7 Å². The highest BCUT2D eigenvalue weighted by Gasteiger charge is 2.31. The van der Waals surface area contributed by atoms with E-state index in [9.17, 15) is 0 Å². The van der Waals surface area contributed by atoms with Gasteiger partial charge in [-0.15, -0.1) is 0 Å². The zero-order chi connectivity index (χ0) is 15.6. The van der Waals surface area contributed by atoms with Gasteiger partial charge < -0.3 is 9.64 Å². The third-order valence-electron chi connectivity index (χ3n) is 3.60. The second-order valence-corrected chi connectivity index (χ2v) is 5.64. The summed E-state index contributed by atoms with van der Waals surface area (Å²) in [7, 11) is 5.77. The van der Waals surface area contributed by atoms with Crippen LogP contribution in [0, 0.1) is 5.92 Å². The molecular formula is C17H20N2OS. The first-order valence-corrected chi connectivity index (χ1v) is 7.18. The molecule has 1 fully saturated rings. The Labute approximate surface area is 131 Å². The molecule has 0 N–H and O–H groups in total. The Morgan fingerprint density at radius 2 is 2.19 bits per heavy atom. The molecule has 1 aliphatic carbocycles. The maximum atomic E-state index is 5.83. The lowest BCUT2D eigenvalue weighted by atomic mass is 9.89. The van der Waals surface area contributed by atoms with Crippen molar-refractivity contribution in [2.45, 2.75) is 6.92 Å². The van der Waals surface area contributed by atoms with E-state index < -0.39 is 0 Å². The van der Waals surface area contributed by atoms with Crippen LogP contribution >= 0.6 is 12.2 Å². The predicted octanol–water partition coefficient (Wildman–Crippen LogP) is 3.43. The maximum absolute atomic E-state index is 5.83. The molecule has 1 heterocycles. The van der Waals surface area contributed by atoms with E-state index in [0.717, 1.165) is 27.6 Å². The molecule has 0 aromatic heterocycles. The largest absolute Gasteiger partial charge is 0.461 e. The van der Waals surface area contributed by atoms with Crippen molar-refractivity contribution < 1.29 is 4.74 Å². The molecule has 2 aliphatic rings. The van der Waals surface area contributed by atoms with E-state index in [0.29, 0.717) is 5.76 Å². The number of nitrogens with zero attached hydrogens (tertiary/aromatic N) is 2. The van der Waals surface area contributed by atoms with E-state index in [2.05, 4.69) is 11.6 Å². The average Bonchev–Trinajstić information content (AvgIpc) is 2.45. The number of hydrogen-bond donors (Lipinski definition) is 0. The van der Waals surface area contributed by atoms with Gasteiger partial charge in [0.25, 0.3) is 0 Å². The molecule has 0 bridgehead atoms. The summed E-state index contributed by atoms with van der Waals surface area (Å²) < 4.78 is 5.83. The summed E-state index contributed by atoms with van der Waals surface area (Å²) in [5.74, 6) is 1.39. The number of rotatable bonds is 2. The molecule has 3 nitrogen and oxygen atoms in total. The number of allylic oxidation sites excluding steroid dienone is 7. The summed E-state index contributed by atoms with van der Waals surface area (Å²) in [6.07, 6.45) is 9.92. The summed E-state index contributed by atoms with van der Waals surface area (Å²) in [6, 6.07) is 0. The Bertz CT molecular complexity index is 633. The van der Waals surface area contributed by atoms with E-state index in [1.807, 2.05) is 56.3 Å². The van der Waals surface area contributed by atoms with Crippen molar-refractivity contribution in [1.29, 1.82) is 0 Å². The quantitative estimate of drug-likeness (QED) is 0.577. The van der Waals surface area contributed by atoms with Gasteiger partial charge in [0.15, 0.2) is 0 Å². The molecule has 0 amide bonds. The lowest BCUT2D eigenvalue weighted by molar-refractivity contribution is 0.289. The second-order valence-electron chi connectivity index (χ2n) is 5.20. The molecule has 1 unspecified atom stereocenters. The topological polar surface area (TPSA) is 24.8 Å². The van der Waals surface area contributed by atoms with Gasteiger partial charge in [-0.1, -0.05) is 24.9 Å². The number of aliphatic imine (C=N–C) groups is 1. The molecule has 0 radical (unpaired) electrons. The van der Waals surface area contributed by atoms with Gasteiger partial charge in [-0.05, 0) is 25.2 Å². The van der Waals surface area contributed by atoms with Gasteiger partial charge in [-0.3, -0.25) is 4.99 Å². The van der Waals surface area contributed by atoms with Crippen molar-refractivity contribution in [3.8, 4) is 0 Å². The highest BCUT2D eigenvalue weighted by molar-refractivity contribution is 7.81. The third kappa shape index (κ3) is 3.22. The normalized spacial score (nSPS) is 25.8. The third-order valence-corrected chi connectivity index (χ3v) is 4.07. The van der Waals surface area contributed by atoms with Crippen LogP contribution in [0.5, 0.6) is 0 Å². The zero-order valence-corrected chi connectivity index (χ0v) is 13.7. The van der Waals surface area contributed by atoms with Crippen molar-refractivity contribution in [3.63, 3.8) is 0 Å². The van der Waals surface area contributed by atoms with Crippen LogP contribution in [0.4, 0.5) is 0 Å². The fraction of sp³-hybridized carbons (Fsp3) is 0.294. The van der Waals surface area contributed by atoms with E-state index in [-0.39, 0.29) is 5.92 Å². The predicted molar refractivity (Wildman–Crippen MR) is 92.4 cm³/mol. The Hall–Kier alpha value is -1.94. The second kappa shape index (κ2) is 6.22. The molecule has 1 atom stereocenters. The molecule has 110 valence electrons. The Morgan fingerprint density at radius 3 is 2.81 bits per heavy atom. The van der Waals surface area contributed by atoms with Crippen molar-refractivity contribution >= 4 is 22.8 Å². The fourth-order valence-electron chi connectivity index (χ4n) is 2.05. The minimum Gasteiger partial charge on any atom is -0.461 e. The van der Waals surface area contributed by atoms with E-state index >= 15 is 0 Å². The van der Waals surface area contributed by atoms with Crippen LogP contribution in [-0.2, 0) is 4.74 Å². The highest BCUT2D eigenvalue weighted by atomic mass is 32.1. The maximum Gasteiger partial charge on any atom is 0.128 e. The summed E-state index contributed by atoms with van der Waals surface area (Å²) in [4.78, 5) is 7.04. The highest BCUT2D eigenvalue weighted by Crippen LogP contribution is 2.34. The number of thiocarbonyl (C=S) groups is 1. The van der Waals surface area contributed by atoms with Gasteiger partial charge in [0.05, 0.1) is 11.6 Å². The van der Waals surface area contributed by atoms with Gasteiger partial charge in [0, 0.05) is 43.4 Å². The van der Waals surface area contributed by atoms with Crippen molar-refractivity contribution in [2.24, 2.45) is 10.9 Å². The summed E-state index contributed by atoms with van der Waals surface area (Å²) in [5.41, 5.74) is 2.90. The molecular weight excluding hydrogens is 280 g/mol. The minimum absolute atomic E-state index is 0.00434. The molecule has 1 aliphatic heterocycles. The first-order chi connectivity index (χ1) is 9.93. The molecule has 0 aromatic rings. The molecule has 2 rings (SSSR count). The van der Waals surface area contributed by atoms with Gasteiger partial charge in [0.1, 0.15) is 11.5 Å². The Morgan fingerprint density at radius 1 is 1.48 bits per heavy atom. The van der Waals surface area contributed by atoms with E-state index in [1.165, 1.54) is 0 Å². The van der Waals surface area contributed by atoms with Crippen molar-refractivity contribution in [2.75, 3.05) is 21.1 Å². The molecule has 1 saturated heterocycles. The number of ether oxygens (including phenoxy) is 1. The van der Waals surface area contributed by atoms with Crippen LogP contribution < -0.4 is 0 Å². The number of hydrogen-bond acceptors (Lipinski definition) is 4. The van der Waals surface area contributed by atoms with E-state index in [4.69, 9.17) is 17.0 Å². The molecule has 0 saturated carbocycles. The van der Waals surface area contributed by atoms with Gasteiger partial charge >= 0.3 is 0 Å². The summed E-state index contributed by atoms with van der Waals surface area (Å²) in [6.45, 7) is 6.03. The molecule has 0 aromatic carbocycles. The SMILES string of the molecule is C=C1OC2=C/C(=N\C)C=CC2C(=S)/C1=C/C=C(\C)N(C)C. The molecule has 0 spiro atoms. The van der Waals surface area contributed by atoms with Crippen LogP contribution in [0.3, 0.4) is 0 Å². The standard InChI is InChI=1S/C17H20N2OS/c1-11(19(4)5)6-8-14-12(2)20-16-10-13(18-3)7-9-15(16)17(14)21/h6-10,15H,2H2,1,3-5H3/b11-6+,14-8+,18-13-. The number of fused-ring (bicyclic) bond motifs is 1. The fourth-order valence-corrected chi connectivity index (χ4v) is 2.43. The van der Waals surface area contributed by atoms with Crippen LogP contribution in [0.2, 0.25) is 0 Å². The average molecular weight is 300 g/mol. The van der Waals surface area contributed by atoms with Crippen LogP contribution in [0.25, 0.3) is 0 Å². The van der Waals surface area contributed by atoms with Gasteiger partial charge in [-0.2, -0.15) is 0 Å². The first kappa shape index (κ1) is 15.4. The molecule has 4 heteroatoms. The lowest BCUT2D eigenvalue weighted by Gasteiger charge is -2.30. The smallest absolute Gasteiger partial charge is 0.128 e. The summed E-state index contributed by atoms with van der Waals surface area (Å²) in [5, 5.41) is 0.